The van der Waals surface area contributed by atoms with Crippen molar-refractivity contribution in [3.63, 3.8) is 0 Å². The third kappa shape index (κ3) is 2.46. The van der Waals surface area contributed by atoms with E-state index in [2.05, 4.69) is 5.32 Å². The molecule has 0 amide bonds. The maximum Gasteiger partial charge on any atom is 0.206 e. The van der Waals surface area contributed by atoms with Crippen molar-refractivity contribution in [2.45, 2.75) is 28.2 Å². The van der Waals surface area contributed by atoms with Crippen LogP contribution in [0.4, 0.5) is 0 Å². The van der Waals surface area contributed by atoms with Gasteiger partial charge >= 0.3 is 0 Å². The summed E-state index contributed by atoms with van der Waals surface area (Å²) < 4.78 is 43.2. The van der Waals surface area contributed by atoms with Crippen LogP contribution in [-0.4, -0.2) is 40.8 Å². The van der Waals surface area contributed by atoms with E-state index in [-0.39, 0.29) is 21.8 Å². The second-order valence-corrected chi connectivity index (χ2v) is 8.71. The van der Waals surface area contributed by atoms with Gasteiger partial charge < -0.3 is 19.5 Å². The van der Waals surface area contributed by atoms with E-state index in [1.165, 1.54) is 0 Å². The maximum absolute atomic E-state index is 13.1. The molecule has 0 spiro atoms. The molecular weight excluding hydrogens is 354 g/mol. The van der Waals surface area contributed by atoms with Crippen LogP contribution in [0.25, 0.3) is 0 Å². The number of rotatable bonds is 2. The summed E-state index contributed by atoms with van der Waals surface area (Å²) in [6, 6.07) is 9.94. The molecule has 0 bridgehead atoms. The Morgan fingerprint density at radius 1 is 0.923 bits per heavy atom. The topological polar surface area (TPSA) is 73.9 Å². The molecule has 6 nitrogen and oxygen atoms in total. The van der Waals surface area contributed by atoms with E-state index in [0.717, 1.165) is 30.8 Å². The summed E-state index contributed by atoms with van der Waals surface area (Å²) in [6.07, 6.45) is 1.04. The van der Waals surface area contributed by atoms with E-state index in [1.807, 2.05) is 0 Å². The predicted octanol–water partition coefficient (Wildman–Crippen LogP) is 2.13. The van der Waals surface area contributed by atoms with Gasteiger partial charge in [0.2, 0.25) is 9.84 Å². The summed E-state index contributed by atoms with van der Waals surface area (Å²) >= 11 is 0. The highest BCUT2D eigenvalue weighted by Crippen LogP contribution is 2.43. The van der Waals surface area contributed by atoms with E-state index in [9.17, 15) is 8.42 Å². The van der Waals surface area contributed by atoms with Gasteiger partial charge in [0.05, 0.1) is 9.79 Å². The largest absolute Gasteiger partial charge is 0.488 e. The molecule has 2 atom stereocenters. The van der Waals surface area contributed by atoms with Gasteiger partial charge in [0.15, 0.2) is 11.5 Å². The molecule has 2 unspecified atom stereocenters. The maximum atomic E-state index is 13.1. The normalized spacial score (nSPS) is 23.7. The molecule has 5 rings (SSSR count). The first kappa shape index (κ1) is 16.0. The number of hydrogen-bond acceptors (Lipinski definition) is 6. The number of sulfone groups is 1. The number of fused-ring (bicyclic) bond motifs is 4. The SMILES string of the molecule is O=S(=O)(c1ccc2c(c1)OCCO2)c1ccc2c(c1)C1CCNCC1O2. The van der Waals surface area contributed by atoms with Gasteiger partial charge in [-0.3, -0.25) is 0 Å². The van der Waals surface area contributed by atoms with Crippen LogP contribution in [0, 0.1) is 0 Å². The Morgan fingerprint density at radius 2 is 1.65 bits per heavy atom. The molecule has 2 aromatic rings. The summed E-state index contributed by atoms with van der Waals surface area (Å²) in [7, 11) is -3.64. The van der Waals surface area contributed by atoms with Crippen LogP contribution < -0.4 is 19.5 Å². The molecule has 0 radical (unpaired) electrons. The zero-order valence-corrected chi connectivity index (χ0v) is 14.9. The lowest BCUT2D eigenvalue weighted by Gasteiger charge is -2.24. The van der Waals surface area contributed by atoms with Crippen LogP contribution in [0.5, 0.6) is 17.2 Å². The van der Waals surface area contributed by atoms with E-state index in [1.54, 1.807) is 36.4 Å². The highest BCUT2D eigenvalue weighted by molar-refractivity contribution is 7.91. The number of hydrogen-bond donors (Lipinski definition) is 1. The first-order valence-corrected chi connectivity index (χ1v) is 10.3. The zero-order chi connectivity index (χ0) is 17.7. The molecule has 136 valence electrons. The molecule has 3 aliphatic rings. The van der Waals surface area contributed by atoms with Crippen molar-refractivity contribution in [2.24, 2.45) is 0 Å². The fraction of sp³-hybridized carbons (Fsp3) is 0.368. The first-order chi connectivity index (χ1) is 12.6. The lowest BCUT2D eigenvalue weighted by molar-refractivity contribution is 0.171. The summed E-state index contributed by atoms with van der Waals surface area (Å²) in [5.41, 5.74) is 0.995. The standard InChI is InChI=1S/C19H19NO5S/c21-26(22,13-2-4-17-18(10-13)24-8-7-23-17)12-1-3-16-15(9-12)14-5-6-20-11-19(14)25-16/h1-4,9-10,14,19-20H,5-8,11H2. The van der Waals surface area contributed by atoms with Crippen LogP contribution in [0.3, 0.4) is 0 Å². The molecule has 1 fully saturated rings. The lowest BCUT2D eigenvalue weighted by atomic mass is 9.90. The fourth-order valence-electron chi connectivity index (χ4n) is 3.89. The van der Waals surface area contributed by atoms with Crippen molar-refractivity contribution in [2.75, 3.05) is 26.3 Å². The van der Waals surface area contributed by atoms with Gasteiger partial charge in [0, 0.05) is 24.1 Å². The van der Waals surface area contributed by atoms with Gasteiger partial charge in [-0.25, -0.2) is 8.42 Å². The Hall–Kier alpha value is -2.25. The van der Waals surface area contributed by atoms with E-state index in [0.29, 0.717) is 24.7 Å². The van der Waals surface area contributed by atoms with Crippen molar-refractivity contribution in [1.29, 1.82) is 0 Å². The first-order valence-electron chi connectivity index (χ1n) is 8.79. The molecule has 26 heavy (non-hydrogen) atoms. The second kappa shape index (κ2) is 5.89. The van der Waals surface area contributed by atoms with Gasteiger partial charge in [-0.05, 0) is 43.3 Å². The minimum atomic E-state index is -3.64. The molecule has 3 heterocycles. The Morgan fingerprint density at radius 3 is 2.50 bits per heavy atom. The van der Waals surface area contributed by atoms with Crippen molar-refractivity contribution >= 4 is 9.84 Å². The molecule has 7 heteroatoms. The van der Waals surface area contributed by atoms with Gasteiger partial charge in [0.25, 0.3) is 0 Å². The predicted molar refractivity (Wildman–Crippen MR) is 94.0 cm³/mol. The van der Waals surface area contributed by atoms with Crippen molar-refractivity contribution in [1.82, 2.24) is 5.32 Å². The van der Waals surface area contributed by atoms with Crippen LogP contribution in [0.15, 0.2) is 46.2 Å². The van der Waals surface area contributed by atoms with Gasteiger partial charge in [-0.1, -0.05) is 0 Å². The van der Waals surface area contributed by atoms with Crippen LogP contribution in [0.2, 0.25) is 0 Å². The third-order valence-electron chi connectivity index (χ3n) is 5.22. The van der Waals surface area contributed by atoms with Crippen molar-refractivity contribution in [3.05, 3.63) is 42.0 Å². The summed E-state index contributed by atoms with van der Waals surface area (Å²) in [4.78, 5) is 0.498. The number of nitrogens with one attached hydrogen (secondary N) is 1. The Labute approximate surface area is 152 Å². The molecule has 2 aromatic carbocycles. The highest BCUT2D eigenvalue weighted by Gasteiger charge is 2.37. The Bertz CT molecular complexity index is 972. The molecule has 0 saturated carbocycles. The Kier molecular flexibility index (Phi) is 3.62. The molecule has 0 aliphatic carbocycles. The summed E-state index contributed by atoms with van der Waals surface area (Å²) in [6.45, 7) is 2.61. The molecular formula is C19H19NO5S. The lowest BCUT2D eigenvalue weighted by Crippen LogP contribution is -2.39. The summed E-state index contributed by atoms with van der Waals surface area (Å²) in [5, 5.41) is 3.32. The molecule has 1 N–H and O–H groups in total. The average Bonchev–Trinajstić information content (AvgIpc) is 3.05. The average molecular weight is 373 g/mol. The smallest absolute Gasteiger partial charge is 0.206 e. The number of ether oxygens (including phenoxy) is 3. The number of piperidine rings is 1. The molecule has 1 saturated heterocycles. The van der Waals surface area contributed by atoms with Crippen LogP contribution in [-0.2, 0) is 9.84 Å². The third-order valence-corrected chi connectivity index (χ3v) is 6.97. The van der Waals surface area contributed by atoms with Crippen molar-refractivity contribution < 1.29 is 22.6 Å². The van der Waals surface area contributed by atoms with E-state index in [4.69, 9.17) is 14.2 Å². The number of benzene rings is 2. The van der Waals surface area contributed by atoms with Gasteiger partial charge in [-0.15, -0.1) is 0 Å². The van der Waals surface area contributed by atoms with Crippen LogP contribution in [0.1, 0.15) is 17.9 Å². The molecule has 0 aromatic heterocycles. The quantitative estimate of drug-likeness (QED) is 0.869. The monoisotopic (exact) mass is 373 g/mol. The molecule has 3 aliphatic heterocycles. The fourth-order valence-corrected chi connectivity index (χ4v) is 5.20. The highest BCUT2D eigenvalue weighted by atomic mass is 32.2. The van der Waals surface area contributed by atoms with E-state index >= 15 is 0 Å². The minimum absolute atomic E-state index is 0.0889. The minimum Gasteiger partial charge on any atom is -0.488 e. The Balaban J connectivity index is 1.54. The van der Waals surface area contributed by atoms with Gasteiger partial charge in [0.1, 0.15) is 25.1 Å². The van der Waals surface area contributed by atoms with Crippen LogP contribution >= 0.6 is 0 Å². The van der Waals surface area contributed by atoms with Gasteiger partial charge in [-0.2, -0.15) is 0 Å². The zero-order valence-electron chi connectivity index (χ0n) is 14.1. The van der Waals surface area contributed by atoms with Crippen molar-refractivity contribution in [3.8, 4) is 17.2 Å². The second-order valence-electron chi connectivity index (χ2n) is 6.76. The summed E-state index contributed by atoms with van der Waals surface area (Å²) in [5.74, 6) is 2.10. The van der Waals surface area contributed by atoms with E-state index < -0.39 is 9.84 Å².